The number of rotatable bonds is 9. The number of hydrogen-bond acceptors (Lipinski definition) is 9. The Kier molecular flexibility index (Phi) is 11.9. The second-order valence-corrected chi connectivity index (χ2v) is 10.7. The largest absolute Gasteiger partial charge is 0.465 e. The summed E-state index contributed by atoms with van der Waals surface area (Å²) >= 11 is 0. The lowest BCUT2D eigenvalue weighted by Gasteiger charge is -2.44. The van der Waals surface area contributed by atoms with Gasteiger partial charge in [-0.05, 0) is 36.1 Å². The van der Waals surface area contributed by atoms with Crippen molar-refractivity contribution in [2.75, 3.05) is 13.2 Å². The van der Waals surface area contributed by atoms with Gasteiger partial charge in [0.1, 0.15) is 12.4 Å². The third-order valence-corrected chi connectivity index (χ3v) is 7.95. The van der Waals surface area contributed by atoms with Crippen LogP contribution in [-0.4, -0.2) is 77.8 Å². The van der Waals surface area contributed by atoms with E-state index in [9.17, 15) is 24.6 Å². The second-order valence-electron chi connectivity index (χ2n) is 10.7. The first-order valence-electron chi connectivity index (χ1n) is 13.2. The molecule has 0 spiro atoms. The molecular weight excluding hydrogens is 506 g/mol. The quantitative estimate of drug-likeness (QED) is 0.312. The molecule has 2 heterocycles. The van der Waals surface area contributed by atoms with Crippen molar-refractivity contribution in [3.8, 4) is 5.75 Å². The van der Waals surface area contributed by atoms with E-state index in [0.717, 1.165) is 0 Å². The van der Waals surface area contributed by atoms with Crippen LogP contribution in [0.3, 0.4) is 0 Å². The SMILES string of the molecule is C.CC(=O)NC1[C@H](CC(=O)c2ccc(O[C@@H]3OC(CO)[C@@H](C)[C@H](O)C3C)cc2)OC(COC(C)=O)[C@@H](C)[C@@H]1C. The number of ketones is 1. The van der Waals surface area contributed by atoms with Gasteiger partial charge in [-0.3, -0.25) is 14.4 Å². The van der Waals surface area contributed by atoms with Crippen LogP contribution in [0.1, 0.15) is 65.7 Å². The summed E-state index contributed by atoms with van der Waals surface area (Å²) in [7, 11) is 0. The van der Waals surface area contributed by atoms with Crippen LogP contribution >= 0.6 is 0 Å². The van der Waals surface area contributed by atoms with Crippen LogP contribution in [0.4, 0.5) is 0 Å². The molecule has 10 atom stereocenters. The molecule has 1 amide bonds. The van der Waals surface area contributed by atoms with Gasteiger partial charge in [0.25, 0.3) is 0 Å². The molecule has 0 aliphatic carbocycles. The van der Waals surface area contributed by atoms with Crippen molar-refractivity contribution >= 4 is 17.7 Å². The molecule has 1 aromatic carbocycles. The van der Waals surface area contributed by atoms with E-state index in [4.69, 9.17) is 18.9 Å². The molecule has 10 nitrogen and oxygen atoms in total. The summed E-state index contributed by atoms with van der Waals surface area (Å²) in [5.74, 6) is -0.883. The van der Waals surface area contributed by atoms with Gasteiger partial charge >= 0.3 is 5.97 Å². The van der Waals surface area contributed by atoms with Crippen molar-refractivity contribution in [1.29, 1.82) is 0 Å². The lowest BCUT2D eigenvalue weighted by molar-refractivity contribution is -0.236. The van der Waals surface area contributed by atoms with Crippen LogP contribution in [-0.2, 0) is 23.8 Å². The summed E-state index contributed by atoms with van der Waals surface area (Å²) in [4.78, 5) is 36.4. The third-order valence-electron chi connectivity index (χ3n) is 7.95. The van der Waals surface area contributed by atoms with E-state index in [1.165, 1.54) is 13.8 Å². The Bertz CT molecular complexity index is 964. The molecule has 2 aliphatic heterocycles. The predicted molar refractivity (Wildman–Crippen MR) is 144 cm³/mol. The van der Waals surface area contributed by atoms with E-state index in [0.29, 0.717) is 11.3 Å². The van der Waals surface area contributed by atoms with Gasteiger partial charge in [0, 0.05) is 37.7 Å². The zero-order valence-corrected chi connectivity index (χ0v) is 23.0. The van der Waals surface area contributed by atoms with Gasteiger partial charge < -0.3 is 34.5 Å². The molecule has 3 rings (SSSR count). The average molecular weight is 552 g/mol. The monoisotopic (exact) mass is 551 g/mol. The Morgan fingerprint density at radius 1 is 0.897 bits per heavy atom. The Morgan fingerprint density at radius 2 is 1.54 bits per heavy atom. The smallest absolute Gasteiger partial charge is 0.302 e. The number of carbonyl (C=O) groups excluding carboxylic acids is 3. The molecule has 0 aromatic heterocycles. The maximum absolute atomic E-state index is 13.2. The molecule has 0 radical (unpaired) electrons. The maximum atomic E-state index is 13.2. The summed E-state index contributed by atoms with van der Waals surface area (Å²) < 4.78 is 23.1. The number of esters is 1. The van der Waals surface area contributed by atoms with Gasteiger partial charge in [0.15, 0.2) is 5.78 Å². The van der Waals surface area contributed by atoms with E-state index in [1.54, 1.807) is 24.3 Å². The standard InChI is InChI=1S/C28H41NO9.CH4/c1-14-15(2)26(29-18(5)31)23(37-25(14)13-35-19(6)32)11-22(33)20-7-9-21(10-8-20)36-28-17(4)27(34)16(3)24(12-30)38-28;/h7-10,14-17,23-28,30,34H,11-13H2,1-6H3,(H,29,31);1H4/t14-,15-,16+,17?,23-,24?,25?,26?,27-,28+;/m0./s1. The number of aliphatic hydroxyl groups is 2. The highest BCUT2D eigenvalue weighted by molar-refractivity contribution is 5.96. The van der Waals surface area contributed by atoms with Gasteiger partial charge in [0.2, 0.25) is 12.2 Å². The second kappa shape index (κ2) is 14.2. The molecule has 2 saturated heterocycles. The average Bonchev–Trinajstić information content (AvgIpc) is 2.87. The van der Waals surface area contributed by atoms with E-state index >= 15 is 0 Å². The molecule has 0 saturated carbocycles. The zero-order chi connectivity index (χ0) is 28.1. The number of hydrogen-bond donors (Lipinski definition) is 3. The van der Waals surface area contributed by atoms with Crippen LogP contribution in [0.5, 0.6) is 5.75 Å². The topological polar surface area (TPSA) is 141 Å². The van der Waals surface area contributed by atoms with Gasteiger partial charge in [-0.1, -0.05) is 35.1 Å². The lowest BCUT2D eigenvalue weighted by Crippen LogP contribution is -2.58. The Balaban J connectivity index is 0.00000533. The minimum atomic E-state index is -0.744. The number of Topliss-reactive ketones (excluding diaryl/α,β-unsaturated/α-hetero) is 1. The van der Waals surface area contributed by atoms with Crippen molar-refractivity contribution in [2.45, 2.75) is 92.1 Å². The number of ether oxygens (including phenoxy) is 4. The minimum absolute atomic E-state index is 0. The van der Waals surface area contributed by atoms with Crippen LogP contribution in [0.2, 0.25) is 0 Å². The molecule has 2 aliphatic rings. The molecule has 0 bridgehead atoms. The highest BCUT2D eigenvalue weighted by Gasteiger charge is 2.43. The predicted octanol–water partition coefficient (Wildman–Crippen LogP) is 2.73. The Labute approximate surface area is 231 Å². The maximum Gasteiger partial charge on any atom is 0.302 e. The van der Waals surface area contributed by atoms with Crippen LogP contribution in [0.25, 0.3) is 0 Å². The van der Waals surface area contributed by atoms with Crippen molar-refractivity contribution in [1.82, 2.24) is 5.32 Å². The lowest BCUT2D eigenvalue weighted by atomic mass is 9.78. The fourth-order valence-electron chi connectivity index (χ4n) is 5.24. The first-order chi connectivity index (χ1) is 17.9. The van der Waals surface area contributed by atoms with E-state index in [-0.39, 0.29) is 68.5 Å². The van der Waals surface area contributed by atoms with Crippen molar-refractivity contribution in [2.24, 2.45) is 23.7 Å². The van der Waals surface area contributed by atoms with Gasteiger partial charge in [0.05, 0.1) is 37.1 Å². The van der Waals surface area contributed by atoms with E-state index in [1.807, 2.05) is 27.7 Å². The van der Waals surface area contributed by atoms with Crippen LogP contribution in [0.15, 0.2) is 24.3 Å². The number of benzene rings is 1. The number of aliphatic hydroxyl groups excluding tert-OH is 2. The molecule has 2 fully saturated rings. The molecule has 1 aromatic rings. The molecule has 4 unspecified atom stereocenters. The first-order valence-corrected chi connectivity index (χ1v) is 13.2. The minimum Gasteiger partial charge on any atom is -0.465 e. The summed E-state index contributed by atoms with van der Waals surface area (Å²) in [5.41, 5.74) is 0.449. The molecule has 39 heavy (non-hydrogen) atoms. The van der Waals surface area contributed by atoms with E-state index in [2.05, 4.69) is 5.32 Å². The normalized spacial score (nSPS) is 34.4. The third kappa shape index (κ3) is 8.00. The highest BCUT2D eigenvalue weighted by Crippen LogP contribution is 2.34. The number of carbonyl (C=O) groups is 3. The summed E-state index contributed by atoms with van der Waals surface area (Å²) in [6.07, 6.45) is -2.92. The van der Waals surface area contributed by atoms with Crippen molar-refractivity contribution in [3.63, 3.8) is 0 Å². The molecule has 10 heteroatoms. The Hall–Kier alpha value is -2.53. The zero-order valence-electron chi connectivity index (χ0n) is 23.0. The molecule has 220 valence electrons. The summed E-state index contributed by atoms with van der Waals surface area (Å²) in [6.45, 7) is 10.2. The number of nitrogens with one attached hydrogen (secondary N) is 1. The van der Waals surface area contributed by atoms with Gasteiger partial charge in [-0.15, -0.1) is 0 Å². The van der Waals surface area contributed by atoms with Crippen LogP contribution in [0, 0.1) is 23.7 Å². The van der Waals surface area contributed by atoms with E-state index < -0.39 is 36.7 Å². The fraction of sp³-hybridized carbons (Fsp3) is 0.690. The first kappa shape index (κ1) is 32.7. The van der Waals surface area contributed by atoms with Crippen LogP contribution < -0.4 is 10.1 Å². The van der Waals surface area contributed by atoms with Crippen molar-refractivity contribution in [3.05, 3.63) is 29.8 Å². The fourth-order valence-corrected chi connectivity index (χ4v) is 5.24. The highest BCUT2D eigenvalue weighted by atomic mass is 16.7. The van der Waals surface area contributed by atoms with Gasteiger partial charge in [-0.25, -0.2) is 0 Å². The summed E-state index contributed by atoms with van der Waals surface area (Å²) in [5, 5.41) is 23.0. The molecule has 3 N–H and O–H groups in total. The summed E-state index contributed by atoms with van der Waals surface area (Å²) in [6, 6.07) is 6.23. The van der Waals surface area contributed by atoms with Gasteiger partial charge in [-0.2, -0.15) is 0 Å². The Morgan fingerprint density at radius 3 is 2.10 bits per heavy atom. The molecular formula is C29H45NO9. The van der Waals surface area contributed by atoms with Crippen molar-refractivity contribution < 1.29 is 43.5 Å². The number of amides is 1.